The zero-order valence-corrected chi connectivity index (χ0v) is 9.67. The lowest BCUT2D eigenvalue weighted by Crippen LogP contribution is -2.63. The summed E-state index contributed by atoms with van der Waals surface area (Å²) < 4.78 is 26.9. The Hall–Kier alpha value is -0.130. The summed E-state index contributed by atoms with van der Waals surface area (Å²) in [6.45, 7) is 1.08. The first kappa shape index (κ1) is 10.1. The van der Waals surface area contributed by atoms with Crippen LogP contribution >= 0.6 is 0 Å². The average Bonchev–Trinajstić information content (AvgIpc) is 2.65. The Kier molecular flexibility index (Phi) is 2.30. The molecule has 15 heavy (non-hydrogen) atoms. The van der Waals surface area contributed by atoms with Crippen molar-refractivity contribution in [1.82, 2.24) is 9.62 Å². The molecule has 2 heterocycles. The molecule has 0 aromatic rings. The van der Waals surface area contributed by atoms with Crippen molar-refractivity contribution in [2.24, 2.45) is 0 Å². The highest BCUT2D eigenvalue weighted by Gasteiger charge is 2.47. The Morgan fingerprint density at radius 2 is 1.87 bits per heavy atom. The van der Waals surface area contributed by atoms with Crippen LogP contribution in [-0.2, 0) is 10.0 Å². The molecular weight excluding hydrogens is 212 g/mol. The van der Waals surface area contributed by atoms with Crippen molar-refractivity contribution in [1.29, 1.82) is 0 Å². The van der Waals surface area contributed by atoms with E-state index in [-0.39, 0.29) is 11.4 Å². The van der Waals surface area contributed by atoms with Gasteiger partial charge in [-0.15, -0.1) is 0 Å². The second-order valence-electron chi connectivity index (χ2n) is 4.95. The number of sulfonamides is 1. The molecule has 0 aromatic heterocycles. The van der Waals surface area contributed by atoms with Gasteiger partial charge in [-0.3, -0.25) is 4.90 Å². The molecule has 3 atom stereocenters. The van der Waals surface area contributed by atoms with Crippen molar-refractivity contribution in [2.45, 2.75) is 56.0 Å². The van der Waals surface area contributed by atoms with E-state index in [9.17, 15) is 8.42 Å². The second-order valence-corrected chi connectivity index (χ2v) is 6.88. The molecule has 4 nitrogen and oxygen atoms in total. The summed E-state index contributed by atoms with van der Waals surface area (Å²) in [5, 5.41) is -0.138. The van der Waals surface area contributed by atoms with Crippen LogP contribution in [0.4, 0.5) is 0 Å². The Balaban J connectivity index is 1.94. The van der Waals surface area contributed by atoms with Crippen molar-refractivity contribution >= 4 is 10.0 Å². The van der Waals surface area contributed by atoms with Gasteiger partial charge in [0.1, 0.15) is 0 Å². The number of rotatable bonds is 0. The number of hydrogen-bond donors (Lipinski definition) is 1. The van der Waals surface area contributed by atoms with E-state index in [1.54, 1.807) is 0 Å². The van der Waals surface area contributed by atoms with Crippen LogP contribution in [0.15, 0.2) is 0 Å². The largest absolute Gasteiger partial charge is 0.283 e. The molecule has 3 fully saturated rings. The third-order valence-electron chi connectivity index (χ3n) is 4.09. The fourth-order valence-electron chi connectivity index (χ4n) is 3.41. The zero-order valence-electron chi connectivity index (χ0n) is 8.85. The van der Waals surface area contributed by atoms with Crippen molar-refractivity contribution < 1.29 is 8.42 Å². The summed E-state index contributed by atoms with van der Waals surface area (Å²) in [4.78, 5) is 2.39. The molecule has 0 bridgehead atoms. The first-order chi connectivity index (χ1) is 7.18. The molecule has 3 rings (SSSR count). The van der Waals surface area contributed by atoms with Gasteiger partial charge in [0, 0.05) is 12.6 Å². The average molecular weight is 230 g/mol. The van der Waals surface area contributed by atoms with Gasteiger partial charge in [0.25, 0.3) is 0 Å². The van der Waals surface area contributed by atoms with Crippen molar-refractivity contribution in [3.05, 3.63) is 0 Å². The highest BCUT2D eigenvalue weighted by atomic mass is 32.2. The first-order valence-electron chi connectivity index (χ1n) is 5.95. The van der Waals surface area contributed by atoms with Crippen molar-refractivity contribution in [3.63, 3.8) is 0 Å². The minimum atomic E-state index is -3.03. The Morgan fingerprint density at radius 1 is 1.07 bits per heavy atom. The van der Waals surface area contributed by atoms with Gasteiger partial charge in [-0.2, -0.15) is 4.72 Å². The summed E-state index contributed by atoms with van der Waals surface area (Å²) in [5.41, 5.74) is 0. The summed E-state index contributed by atoms with van der Waals surface area (Å²) in [6, 6.07) is 0.303. The van der Waals surface area contributed by atoms with Gasteiger partial charge in [0.2, 0.25) is 10.0 Å². The van der Waals surface area contributed by atoms with Crippen LogP contribution in [0.25, 0.3) is 0 Å². The van der Waals surface area contributed by atoms with Crippen molar-refractivity contribution in [2.75, 3.05) is 6.54 Å². The fourth-order valence-corrected chi connectivity index (χ4v) is 5.40. The zero-order chi connectivity index (χ0) is 10.5. The van der Waals surface area contributed by atoms with Gasteiger partial charge in [0.15, 0.2) is 0 Å². The molecule has 0 aromatic carbocycles. The minimum absolute atomic E-state index is 0.106. The quantitative estimate of drug-likeness (QED) is 0.665. The van der Waals surface area contributed by atoms with Crippen LogP contribution in [0.5, 0.6) is 0 Å². The monoisotopic (exact) mass is 230 g/mol. The van der Waals surface area contributed by atoms with E-state index in [0.717, 1.165) is 38.6 Å². The van der Waals surface area contributed by atoms with Gasteiger partial charge in [-0.25, -0.2) is 8.42 Å². The molecular formula is C10H18N2O2S. The third kappa shape index (κ3) is 1.52. The molecule has 2 saturated heterocycles. The lowest BCUT2D eigenvalue weighted by molar-refractivity contribution is 0.122. The molecule has 1 aliphatic carbocycles. The predicted molar refractivity (Wildman–Crippen MR) is 57.8 cm³/mol. The standard InChI is InChI=1S/C10H18N2O2S/c13-15(14)9-5-2-1-4-8(9)12-7-3-6-10(12)11-15/h8-11H,1-7H2/t8?,9?,10-/m1/s1. The third-order valence-corrected chi connectivity index (χ3v) is 6.03. The van der Waals surface area contributed by atoms with Crippen LogP contribution < -0.4 is 4.72 Å². The number of fused-ring (bicyclic) bond motifs is 3. The van der Waals surface area contributed by atoms with Gasteiger partial charge in [-0.05, 0) is 25.7 Å². The summed E-state index contributed by atoms with van der Waals surface area (Å²) in [6.07, 6.45) is 6.42. The van der Waals surface area contributed by atoms with Crippen LogP contribution in [0.1, 0.15) is 38.5 Å². The molecule has 3 aliphatic rings. The molecule has 0 radical (unpaired) electrons. The molecule has 2 unspecified atom stereocenters. The number of hydrogen-bond acceptors (Lipinski definition) is 3. The van der Waals surface area contributed by atoms with Crippen molar-refractivity contribution in [3.8, 4) is 0 Å². The number of nitrogens with one attached hydrogen (secondary N) is 1. The maximum atomic E-state index is 12.0. The van der Waals surface area contributed by atoms with E-state index in [4.69, 9.17) is 0 Å². The highest BCUT2D eigenvalue weighted by molar-refractivity contribution is 7.90. The van der Waals surface area contributed by atoms with Crippen LogP contribution in [0.2, 0.25) is 0 Å². The molecule has 5 heteroatoms. The highest BCUT2D eigenvalue weighted by Crippen LogP contribution is 2.35. The molecule has 1 N–H and O–H groups in total. The summed E-state index contributed by atoms with van der Waals surface area (Å²) in [7, 11) is -3.03. The van der Waals surface area contributed by atoms with Gasteiger partial charge in [0.05, 0.1) is 11.4 Å². The Bertz CT molecular complexity index is 354. The van der Waals surface area contributed by atoms with E-state index < -0.39 is 10.0 Å². The lowest BCUT2D eigenvalue weighted by atomic mass is 9.93. The minimum Gasteiger partial charge on any atom is -0.283 e. The van der Waals surface area contributed by atoms with E-state index in [1.165, 1.54) is 6.42 Å². The lowest BCUT2D eigenvalue weighted by Gasteiger charge is -2.45. The molecule has 0 amide bonds. The maximum Gasteiger partial charge on any atom is 0.217 e. The maximum absolute atomic E-state index is 12.0. The molecule has 86 valence electrons. The van der Waals surface area contributed by atoms with E-state index in [2.05, 4.69) is 9.62 Å². The van der Waals surface area contributed by atoms with Crippen LogP contribution in [0.3, 0.4) is 0 Å². The smallest absolute Gasteiger partial charge is 0.217 e. The van der Waals surface area contributed by atoms with Crippen LogP contribution in [-0.4, -0.2) is 37.3 Å². The number of nitrogens with zero attached hydrogens (tertiary/aromatic N) is 1. The molecule has 0 spiro atoms. The Morgan fingerprint density at radius 3 is 2.73 bits per heavy atom. The van der Waals surface area contributed by atoms with Crippen LogP contribution in [0, 0.1) is 0 Å². The van der Waals surface area contributed by atoms with E-state index in [1.807, 2.05) is 0 Å². The fraction of sp³-hybridized carbons (Fsp3) is 1.00. The van der Waals surface area contributed by atoms with E-state index >= 15 is 0 Å². The van der Waals surface area contributed by atoms with E-state index in [0.29, 0.717) is 6.04 Å². The van der Waals surface area contributed by atoms with Gasteiger partial charge >= 0.3 is 0 Å². The summed E-state index contributed by atoms with van der Waals surface area (Å²) in [5.74, 6) is 0. The SMILES string of the molecule is O=S1(=O)N[C@H]2CCCN2C2CCCCC21. The second kappa shape index (κ2) is 3.43. The summed E-state index contributed by atoms with van der Waals surface area (Å²) >= 11 is 0. The topological polar surface area (TPSA) is 49.4 Å². The molecule has 2 aliphatic heterocycles. The predicted octanol–water partition coefficient (Wildman–Crippen LogP) is 0.652. The van der Waals surface area contributed by atoms with Gasteiger partial charge in [-0.1, -0.05) is 12.8 Å². The Labute approximate surface area is 91.1 Å². The normalized spacial score (nSPS) is 44.7. The first-order valence-corrected chi connectivity index (χ1v) is 7.50. The van der Waals surface area contributed by atoms with Gasteiger partial charge < -0.3 is 0 Å². The molecule has 1 saturated carbocycles.